The van der Waals surface area contributed by atoms with Crippen molar-refractivity contribution in [3.05, 3.63) is 44.8 Å². The van der Waals surface area contributed by atoms with Crippen LogP contribution in [0.15, 0.2) is 34.8 Å². The molecule has 1 aromatic heterocycles. The molecule has 0 radical (unpaired) electrons. The van der Waals surface area contributed by atoms with Gasteiger partial charge in [0.1, 0.15) is 17.1 Å². The summed E-state index contributed by atoms with van der Waals surface area (Å²) >= 11 is 15.7. The normalized spacial score (nSPS) is 11.0. The van der Waals surface area contributed by atoms with Crippen LogP contribution in [0.1, 0.15) is 0 Å². The Morgan fingerprint density at radius 2 is 2.00 bits per heavy atom. The second-order valence-electron chi connectivity index (χ2n) is 4.21. The summed E-state index contributed by atoms with van der Waals surface area (Å²) in [7, 11) is 1.62. The maximum absolute atomic E-state index is 6.20. The van der Waals surface area contributed by atoms with E-state index in [9.17, 15) is 0 Å². The number of hydrogen-bond acceptors (Lipinski definition) is 2. The van der Waals surface area contributed by atoms with E-state index in [0.717, 1.165) is 26.8 Å². The number of benzene rings is 2. The largest absolute Gasteiger partial charge is 0.497 e. The van der Waals surface area contributed by atoms with Crippen LogP contribution >= 0.6 is 39.1 Å². The fourth-order valence-electron chi connectivity index (χ4n) is 1.97. The second kappa shape index (κ2) is 5.28. The van der Waals surface area contributed by atoms with Crippen molar-refractivity contribution < 1.29 is 4.74 Å². The Morgan fingerprint density at radius 1 is 1.20 bits per heavy atom. The number of methoxy groups -OCH3 is 1. The summed E-state index contributed by atoms with van der Waals surface area (Å²) in [6, 6.07) is 9.03. The first-order valence-corrected chi connectivity index (χ1v) is 7.32. The van der Waals surface area contributed by atoms with Crippen LogP contribution in [0.2, 0.25) is 10.0 Å². The van der Waals surface area contributed by atoms with Gasteiger partial charge in [-0.3, -0.25) is 0 Å². The molecule has 3 aromatic rings. The monoisotopic (exact) mass is 370 g/mol. The maximum atomic E-state index is 6.20. The SMILES string of the molecule is COc1cc(Br)c2nc(-c3cc(Cl)ccc3Cl)[nH]c2c1. The van der Waals surface area contributed by atoms with Crippen molar-refractivity contribution in [1.82, 2.24) is 9.97 Å². The van der Waals surface area contributed by atoms with Gasteiger partial charge in [-0.2, -0.15) is 0 Å². The highest BCUT2D eigenvalue weighted by atomic mass is 79.9. The molecule has 0 fully saturated rings. The number of halogens is 3. The number of nitrogens with one attached hydrogen (secondary N) is 1. The number of rotatable bonds is 2. The summed E-state index contributed by atoms with van der Waals surface area (Å²) in [6.45, 7) is 0. The summed E-state index contributed by atoms with van der Waals surface area (Å²) in [6.07, 6.45) is 0. The second-order valence-corrected chi connectivity index (χ2v) is 5.91. The Hall–Kier alpha value is -1.23. The Bertz CT molecular complexity index is 801. The van der Waals surface area contributed by atoms with Crippen LogP contribution in [-0.4, -0.2) is 17.1 Å². The lowest BCUT2D eigenvalue weighted by Crippen LogP contribution is -1.82. The minimum atomic E-state index is 0.594. The molecule has 2 aromatic carbocycles. The molecule has 3 nitrogen and oxygen atoms in total. The topological polar surface area (TPSA) is 37.9 Å². The van der Waals surface area contributed by atoms with Crippen LogP contribution in [0.4, 0.5) is 0 Å². The van der Waals surface area contributed by atoms with Crippen LogP contribution in [-0.2, 0) is 0 Å². The van der Waals surface area contributed by atoms with Gasteiger partial charge in [-0.1, -0.05) is 23.2 Å². The Morgan fingerprint density at radius 3 is 2.75 bits per heavy atom. The summed E-state index contributed by atoms with van der Waals surface area (Å²) < 4.78 is 6.09. The number of H-pyrrole nitrogens is 1. The Labute approximate surface area is 134 Å². The molecule has 0 saturated heterocycles. The molecular formula is C14H9BrCl2N2O. The van der Waals surface area contributed by atoms with E-state index in [2.05, 4.69) is 25.9 Å². The molecule has 0 aliphatic rings. The van der Waals surface area contributed by atoms with Crippen LogP contribution in [0.5, 0.6) is 5.75 Å². The first-order chi connectivity index (χ1) is 9.58. The van der Waals surface area contributed by atoms with Gasteiger partial charge in [-0.15, -0.1) is 0 Å². The van der Waals surface area contributed by atoms with E-state index in [1.54, 1.807) is 25.3 Å². The molecule has 0 saturated carbocycles. The number of ether oxygens (including phenoxy) is 1. The molecule has 3 rings (SSSR count). The molecule has 0 spiro atoms. The average Bonchev–Trinajstić information content (AvgIpc) is 2.85. The molecule has 0 aliphatic heterocycles. The van der Waals surface area contributed by atoms with Crippen LogP contribution < -0.4 is 4.74 Å². The van der Waals surface area contributed by atoms with Crippen molar-refractivity contribution >= 4 is 50.2 Å². The minimum absolute atomic E-state index is 0.594. The zero-order valence-electron chi connectivity index (χ0n) is 10.4. The van der Waals surface area contributed by atoms with Crippen molar-refractivity contribution in [2.45, 2.75) is 0 Å². The van der Waals surface area contributed by atoms with Crippen molar-refractivity contribution in [2.75, 3.05) is 7.11 Å². The highest BCUT2D eigenvalue weighted by molar-refractivity contribution is 9.10. The molecular weight excluding hydrogens is 363 g/mol. The van der Waals surface area contributed by atoms with Crippen molar-refractivity contribution in [2.24, 2.45) is 0 Å². The predicted octanol–water partition coefficient (Wildman–Crippen LogP) is 5.31. The van der Waals surface area contributed by atoms with Gasteiger partial charge in [0, 0.05) is 21.1 Å². The van der Waals surface area contributed by atoms with Gasteiger partial charge >= 0.3 is 0 Å². The summed E-state index contributed by atoms with van der Waals surface area (Å²) in [5.41, 5.74) is 2.44. The standard InChI is InChI=1S/C14H9BrCl2N2O/c1-20-8-5-10(15)13-12(6-8)18-14(19-13)9-4-7(16)2-3-11(9)17/h2-6H,1H3,(H,18,19). The van der Waals surface area contributed by atoms with E-state index in [0.29, 0.717) is 15.9 Å². The smallest absolute Gasteiger partial charge is 0.140 e. The molecule has 20 heavy (non-hydrogen) atoms. The zero-order chi connectivity index (χ0) is 14.3. The molecule has 102 valence electrons. The van der Waals surface area contributed by atoms with Gasteiger partial charge in [-0.05, 0) is 40.2 Å². The van der Waals surface area contributed by atoms with Gasteiger partial charge < -0.3 is 9.72 Å². The fraction of sp³-hybridized carbons (Fsp3) is 0.0714. The molecule has 1 heterocycles. The summed E-state index contributed by atoms with van der Waals surface area (Å²) in [5.74, 6) is 1.42. The number of hydrogen-bond donors (Lipinski definition) is 1. The summed E-state index contributed by atoms with van der Waals surface area (Å²) in [5, 5.41) is 1.21. The third kappa shape index (κ3) is 2.39. The first kappa shape index (κ1) is 13.7. The number of aromatic nitrogens is 2. The number of aromatic amines is 1. The van der Waals surface area contributed by atoms with Crippen LogP contribution in [0.3, 0.4) is 0 Å². The van der Waals surface area contributed by atoms with Crippen LogP contribution in [0.25, 0.3) is 22.4 Å². The Kier molecular flexibility index (Phi) is 3.63. The van der Waals surface area contributed by atoms with Gasteiger partial charge in [0.25, 0.3) is 0 Å². The lowest BCUT2D eigenvalue weighted by atomic mass is 10.2. The molecule has 0 atom stereocenters. The van der Waals surface area contributed by atoms with Gasteiger partial charge in [-0.25, -0.2) is 4.98 Å². The molecule has 0 amide bonds. The highest BCUT2D eigenvalue weighted by Crippen LogP contribution is 2.33. The fourth-order valence-corrected chi connectivity index (χ4v) is 2.88. The van der Waals surface area contributed by atoms with Gasteiger partial charge in [0.15, 0.2) is 0 Å². The van der Waals surface area contributed by atoms with E-state index < -0.39 is 0 Å². The third-order valence-corrected chi connectivity index (χ3v) is 4.10. The molecule has 6 heteroatoms. The molecule has 0 aliphatic carbocycles. The molecule has 0 bridgehead atoms. The lowest BCUT2D eigenvalue weighted by Gasteiger charge is -2.00. The zero-order valence-corrected chi connectivity index (χ0v) is 13.5. The first-order valence-electron chi connectivity index (χ1n) is 5.77. The van der Waals surface area contributed by atoms with E-state index in [4.69, 9.17) is 27.9 Å². The number of nitrogens with zero attached hydrogens (tertiary/aromatic N) is 1. The van der Waals surface area contributed by atoms with Gasteiger partial charge in [0.05, 0.1) is 17.6 Å². The predicted molar refractivity (Wildman–Crippen MR) is 85.8 cm³/mol. The van der Waals surface area contributed by atoms with E-state index in [1.807, 2.05) is 12.1 Å². The summed E-state index contributed by atoms with van der Waals surface area (Å²) in [4.78, 5) is 7.79. The van der Waals surface area contributed by atoms with Crippen molar-refractivity contribution in [1.29, 1.82) is 0 Å². The molecule has 0 unspecified atom stereocenters. The van der Waals surface area contributed by atoms with E-state index >= 15 is 0 Å². The highest BCUT2D eigenvalue weighted by Gasteiger charge is 2.12. The minimum Gasteiger partial charge on any atom is -0.497 e. The van der Waals surface area contributed by atoms with Gasteiger partial charge in [0.2, 0.25) is 0 Å². The quantitative estimate of drug-likeness (QED) is 0.662. The van der Waals surface area contributed by atoms with E-state index in [1.165, 1.54) is 0 Å². The average molecular weight is 372 g/mol. The third-order valence-electron chi connectivity index (χ3n) is 2.93. The van der Waals surface area contributed by atoms with E-state index in [-0.39, 0.29) is 0 Å². The van der Waals surface area contributed by atoms with Crippen LogP contribution in [0, 0.1) is 0 Å². The van der Waals surface area contributed by atoms with Crippen molar-refractivity contribution in [3.8, 4) is 17.1 Å². The number of imidazole rings is 1. The number of fused-ring (bicyclic) bond motifs is 1. The maximum Gasteiger partial charge on any atom is 0.140 e. The van der Waals surface area contributed by atoms with Crippen molar-refractivity contribution in [3.63, 3.8) is 0 Å². The lowest BCUT2D eigenvalue weighted by molar-refractivity contribution is 0.415. The molecule has 1 N–H and O–H groups in total. The Balaban J connectivity index is 2.22.